The number of para-hydroxylation sites is 1. The Hall–Kier alpha value is -1.81. The lowest BCUT2D eigenvalue weighted by Crippen LogP contribution is -2.19. The Kier molecular flexibility index (Phi) is 3.15. The normalized spacial score (nSPS) is 12.8. The first-order valence-corrected chi connectivity index (χ1v) is 5.52. The highest BCUT2D eigenvalue weighted by atomic mass is 16.4. The fourth-order valence-electron chi connectivity index (χ4n) is 2.07. The Labute approximate surface area is 99.1 Å². The smallest absolute Gasteiger partial charge is 0.306 e. The maximum Gasteiger partial charge on any atom is 0.306 e. The lowest BCUT2D eigenvalue weighted by atomic mass is 10.2. The van der Waals surface area contributed by atoms with Crippen LogP contribution in [0.4, 0.5) is 0 Å². The van der Waals surface area contributed by atoms with Gasteiger partial charge < -0.3 is 14.8 Å². The Morgan fingerprint density at radius 2 is 2.12 bits per heavy atom. The van der Waals surface area contributed by atoms with E-state index in [0.29, 0.717) is 6.54 Å². The molecule has 0 aliphatic heterocycles. The molecule has 1 unspecified atom stereocenters. The molecule has 0 radical (unpaired) electrons. The van der Waals surface area contributed by atoms with Crippen LogP contribution in [-0.4, -0.2) is 26.9 Å². The molecule has 90 valence electrons. The molecule has 4 nitrogen and oxygen atoms in total. The molecule has 0 aliphatic carbocycles. The van der Waals surface area contributed by atoms with Crippen molar-refractivity contribution in [3.8, 4) is 0 Å². The molecule has 4 heteroatoms. The summed E-state index contributed by atoms with van der Waals surface area (Å²) in [5.74, 6) is -0.981. The average Bonchev–Trinajstić information content (AvgIpc) is 2.55. The van der Waals surface area contributed by atoms with Gasteiger partial charge in [0.15, 0.2) is 0 Å². The van der Waals surface area contributed by atoms with E-state index in [9.17, 15) is 9.90 Å². The van der Waals surface area contributed by atoms with Crippen LogP contribution in [0.5, 0.6) is 0 Å². The van der Waals surface area contributed by atoms with Crippen LogP contribution in [0.25, 0.3) is 10.9 Å². The van der Waals surface area contributed by atoms with Gasteiger partial charge in [-0.25, -0.2) is 0 Å². The highest BCUT2D eigenvalue weighted by Gasteiger charge is 2.12. The van der Waals surface area contributed by atoms with Crippen molar-refractivity contribution in [2.45, 2.75) is 26.0 Å². The standard InChI is InChI=1S/C13H15NO3/c1-9-7-14(8-10(15)6-13(16)17)12-5-3-2-4-11(9)12/h2-5,7,10,15H,6,8H2,1H3,(H,16,17). The number of nitrogens with zero attached hydrogens (tertiary/aromatic N) is 1. The van der Waals surface area contributed by atoms with Gasteiger partial charge in [0.1, 0.15) is 0 Å². The minimum absolute atomic E-state index is 0.231. The van der Waals surface area contributed by atoms with Crippen molar-refractivity contribution >= 4 is 16.9 Å². The first kappa shape index (κ1) is 11.7. The summed E-state index contributed by atoms with van der Waals surface area (Å²) in [6.45, 7) is 2.31. The average molecular weight is 233 g/mol. The van der Waals surface area contributed by atoms with Crippen molar-refractivity contribution in [2.24, 2.45) is 0 Å². The van der Waals surface area contributed by atoms with E-state index >= 15 is 0 Å². The number of hydrogen-bond acceptors (Lipinski definition) is 2. The topological polar surface area (TPSA) is 62.5 Å². The van der Waals surface area contributed by atoms with Gasteiger partial charge in [0.25, 0.3) is 0 Å². The van der Waals surface area contributed by atoms with E-state index in [-0.39, 0.29) is 6.42 Å². The van der Waals surface area contributed by atoms with Crippen LogP contribution in [0, 0.1) is 6.92 Å². The van der Waals surface area contributed by atoms with Gasteiger partial charge in [0, 0.05) is 23.6 Å². The Morgan fingerprint density at radius 3 is 2.82 bits per heavy atom. The zero-order valence-electron chi connectivity index (χ0n) is 9.63. The van der Waals surface area contributed by atoms with Crippen molar-refractivity contribution in [3.63, 3.8) is 0 Å². The molecule has 0 spiro atoms. The van der Waals surface area contributed by atoms with Gasteiger partial charge in [-0.1, -0.05) is 18.2 Å². The number of aromatic nitrogens is 1. The largest absolute Gasteiger partial charge is 0.481 e. The Balaban J connectivity index is 2.27. The fraction of sp³-hybridized carbons (Fsp3) is 0.308. The molecule has 0 bridgehead atoms. The summed E-state index contributed by atoms with van der Waals surface area (Å²) < 4.78 is 1.90. The lowest BCUT2D eigenvalue weighted by Gasteiger charge is -2.10. The van der Waals surface area contributed by atoms with Crippen LogP contribution < -0.4 is 0 Å². The second kappa shape index (κ2) is 4.59. The zero-order chi connectivity index (χ0) is 12.4. The van der Waals surface area contributed by atoms with Gasteiger partial charge in [-0.2, -0.15) is 0 Å². The van der Waals surface area contributed by atoms with Gasteiger partial charge in [-0.05, 0) is 18.6 Å². The number of hydrogen-bond donors (Lipinski definition) is 2. The van der Waals surface area contributed by atoms with E-state index in [1.807, 2.05) is 42.0 Å². The summed E-state index contributed by atoms with van der Waals surface area (Å²) in [6, 6.07) is 7.88. The summed E-state index contributed by atoms with van der Waals surface area (Å²) in [4.78, 5) is 10.5. The highest BCUT2D eigenvalue weighted by molar-refractivity contribution is 5.83. The lowest BCUT2D eigenvalue weighted by molar-refractivity contribution is -0.139. The molecule has 1 heterocycles. The molecular weight excluding hydrogens is 218 g/mol. The molecule has 0 amide bonds. The molecule has 1 atom stereocenters. The van der Waals surface area contributed by atoms with Crippen LogP contribution in [-0.2, 0) is 11.3 Å². The number of carbonyl (C=O) groups is 1. The van der Waals surface area contributed by atoms with E-state index in [2.05, 4.69) is 0 Å². The van der Waals surface area contributed by atoms with Crippen molar-refractivity contribution < 1.29 is 15.0 Å². The summed E-state index contributed by atoms with van der Waals surface area (Å²) in [7, 11) is 0. The van der Waals surface area contributed by atoms with Crippen molar-refractivity contribution in [3.05, 3.63) is 36.0 Å². The molecule has 2 N–H and O–H groups in total. The third kappa shape index (κ3) is 2.47. The Morgan fingerprint density at radius 1 is 1.41 bits per heavy atom. The number of carboxylic acid groups (broad SMARTS) is 1. The van der Waals surface area contributed by atoms with Crippen LogP contribution in [0.15, 0.2) is 30.5 Å². The van der Waals surface area contributed by atoms with Crippen LogP contribution in [0.2, 0.25) is 0 Å². The molecular formula is C13H15NO3. The molecule has 0 saturated heterocycles. The predicted octanol–water partition coefficient (Wildman–Crippen LogP) is 1.79. The molecule has 2 rings (SSSR count). The van der Waals surface area contributed by atoms with Crippen LogP contribution in [0.3, 0.4) is 0 Å². The summed E-state index contributed by atoms with van der Waals surface area (Å²) >= 11 is 0. The Bertz CT molecular complexity index is 545. The molecule has 0 saturated carbocycles. The molecule has 2 aromatic rings. The molecule has 0 fully saturated rings. The minimum Gasteiger partial charge on any atom is -0.481 e. The van der Waals surface area contributed by atoms with Crippen LogP contribution in [0.1, 0.15) is 12.0 Å². The van der Waals surface area contributed by atoms with Gasteiger partial charge in [0.05, 0.1) is 12.5 Å². The number of rotatable bonds is 4. The monoisotopic (exact) mass is 233 g/mol. The first-order valence-electron chi connectivity index (χ1n) is 5.52. The van der Waals surface area contributed by atoms with E-state index in [4.69, 9.17) is 5.11 Å². The van der Waals surface area contributed by atoms with Gasteiger partial charge in [-0.3, -0.25) is 4.79 Å². The number of carboxylic acids is 1. The molecule has 1 aromatic heterocycles. The number of aliphatic carboxylic acids is 1. The van der Waals surface area contributed by atoms with Crippen LogP contribution >= 0.6 is 0 Å². The number of aliphatic hydroxyl groups excluding tert-OH is 1. The van der Waals surface area contributed by atoms with E-state index in [1.165, 1.54) is 0 Å². The second-order valence-electron chi connectivity index (χ2n) is 4.23. The first-order chi connectivity index (χ1) is 8.08. The summed E-state index contributed by atoms with van der Waals surface area (Å²) in [5, 5.41) is 19.4. The maximum atomic E-state index is 10.5. The number of fused-ring (bicyclic) bond motifs is 1. The second-order valence-corrected chi connectivity index (χ2v) is 4.23. The number of aryl methyl sites for hydroxylation is 1. The third-order valence-electron chi connectivity index (χ3n) is 2.81. The summed E-state index contributed by atoms with van der Waals surface area (Å²) in [5.41, 5.74) is 2.15. The minimum atomic E-state index is -0.981. The van der Waals surface area contributed by atoms with Gasteiger partial charge in [0.2, 0.25) is 0 Å². The third-order valence-corrected chi connectivity index (χ3v) is 2.81. The predicted molar refractivity (Wildman–Crippen MR) is 64.9 cm³/mol. The quantitative estimate of drug-likeness (QED) is 0.846. The number of aliphatic hydroxyl groups is 1. The number of benzene rings is 1. The van der Waals surface area contributed by atoms with E-state index < -0.39 is 12.1 Å². The van der Waals surface area contributed by atoms with Crippen molar-refractivity contribution in [1.29, 1.82) is 0 Å². The molecule has 0 aliphatic rings. The zero-order valence-corrected chi connectivity index (χ0v) is 9.63. The van der Waals surface area contributed by atoms with E-state index in [1.54, 1.807) is 0 Å². The molecule has 17 heavy (non-hydrogen) atoms. The highest BCUT2D eigenvalue weighted by Crippen LogP contribution is 2.20. The SMILES string of the molecule is Cc1cn(CC(O)CC(=O)O)c2ccccc12. The fourth-order valence-corrected chi connectivity index (χ4v) is 2.07. The van der Waals surface area contributed by atoms with Gasteiger partial charge >= 0.3 is 5.97 Å². The van der Waals surface area contributed by atoms with Crippen molar-refractivity contribution in [2.75, 3.05) is 0 Å². The molecule has 1 aromatic carbocycles. The van der Waals surface area contributed by atoms with Crippen molar-refractivity contribution in [1.82, 2.24) is 4.57 Å². The maximum absolute atomic E-state index is 10.5. The summed E-state index contributed by atoms with van der Waals surface area (Å²) in [6.07, 6.45) is 0.851. The van der Waals surface area contributed by atoms with E-state index in [0.717, 1.165) is 16.5 Å². The van der Waals surface area contributed by atoms with Gasteiger partial charge in [-0.15, -0.1) is 0 Å².